The van der Waals surface area contributed by atoms with E-state index in [1.807, 2.05) is 6.92 Å². The average molecular weight is 547 g/mol. The van der Waals surface area contributed by atoms with E-state index in [9.17, 15) is 31.2 Å². The van der Waals surface area contributed by atoms with E-state index in [-0.39, 0.29) is 34.1 Å². The first-order valence-corrected chi connectivity index (χ1v) is 14.8. The molecule has 37 heavy (non-hydrogen) atoms. The molecule has 0 radical (unpaired) electrons. The molecule has 2 atom stereocenters. The van der Waals surface area contributed by atoms with Gasteiger partial charge in [-0.2, -0.15) is 8.42 Å². The highest BCUT2D eigenvalue weighted by molar-refractivity contribution is 7.92. The number of carbonyl (C=O) groups excluding carboxylic acids is 3. The van der Waals surface area contributed by atoms with Gasteiger partial charge < -0.3 is 10.6 Å². The standard InChI is InChI=1S/C24H26N4O7S2/c1-4-5-12-24(26-14(2)29)17-9-7-6-8-16(17)21(30)20(22(24)31)23-25-18-11-10-15(27-36(3,32)33)13-19(18)37(34,35)28-23/h6-11,13,20,27H,4-5,12H2,1-3H3,(H,25,28)(H,26,29). The molecule has 0 saturated carbocycles. The summed E-state index contributed by atoms with van der Waals surface area (Å²) < 4.78 is 55.3. The lowest BCUT2D eigenvalue weighted by atomic mass is 9.67. The van der Waals surface area contributed by atoms with Gasteiger partial charge in [0, 0.05) is 18.2 Å². The van der Waals surface area contributed by atoms with Crippen LogP contribution < -0.4 is 15.4 Å². The van der Waals surface area contributed by atoms with E-state index >= 15 is 0 Å². The quantitative estimate of drug-likeness (QED) is 0.444. The van der Waals surface area contributed by atoms with Crippen LogP contribution >= 0.6 is 0 Å². The number of Topliss-reactive ketones (excluding diaryl/α,β-unsaturated/α-hetero) is 2. The topological polar surface area (TPSA) is 168 Å². The molecule has 2 aliphatic rings. The fraction of sp³-hybridized carbons (Fsp3) is 0.333. The third-order valence-electron chi connectivity index (χ3n) is 6.21. The number of nitrogens with one attached hydrogen (secondary N) is 3. The lowest BCUT2D eigenvalue weighted by Gasteiger charge is -2.41. The third kappa shape index (κ3) is 4.88. The number of amides is 1. The smallest absolute Gasteiger partial charge is 0.286 e. The van der Waals surface area contributed by atoms with Crippen molar-refractivity contribution in [1.29, 1.82) is 0 Å². The monoisotopic (exact) mass is 546 g/mol. The van der Waals surface area contributed by atoms with Gasteiger partial charge >= 0.3 is 0 Å². The van der Waals surface area contributed by atoms with Crippen molar-refractivity contribution < 1.29 is 31.2 Å². The zero-order valence-corrected chi connectivity index (χ0v) is 22.0. The fourth-order valence-corrected chi connectivity index (χ4v) is 6.48. The molecular formula is C24H26N4O7S2. The van der Waals surface area contributed by atoms with Gasteiger partial charge in [-0.05, 0) is 30.2 Å². The molecule has 3 N–H and O–H groups in total. The number of benzene rings is 2. The van der Waals surface area contributed by atoms with Crippen LogP contribution in [0.5, 0.6) is 0 Å². The van der Waals surface area contributed by atoms with E-state index in [4.69, 9.17) is 0 Å². The molecule has 13 heteroatoms. The molecule has 0 fully saturated rings. The number of anilines is 2. The Balaban J connectivity index is 1.85. The highest BCUT2D eigenvalue weighted by atomic mass is 32.2. The first kappa shape index (κ1) is 26.5. The Labute approximate surface area is 214 Å². The summed E-state index contributed by atoms with van der Waals surface area (Å²) in [5.41, 5.74) is -0.956. The molecule has 196 valence electrons. The van der Waals surface area contributed by atoms with Gasteiger partial charge in [-0.15, -0.1) is 4.40 Å². The van der Waals surface area contributed by atoms with Crippen molar-refractivity contribution >= 4 is 54.7 Å². The first-order chi connectivity index (χ1) is 17.3. The van der Waals surface area contributed by atoms with Crippen LogP contribution in [-0.2, 0) is 35.2 Å². The van der Waals surface area contributed by atoms with Gasteiger partial charge in [-0.3, -0.25) is 19.1 Å². The Kier molecular flexibility index (Phi) is 6.71. The summed E-state index contributed by atoms with van der Waals surface area (Å²) in [7, 11) is -8.09. The molecule has 4 rings (SSSR count). The number of carbonyl (C=O) groups is 3. The predicted octanol–water partition coefficient (Wildman–Crippen LogP) is 2.17. The number of fused-ring (bicyclic) bond motifs is 2. The van der Waals surface area contributed by atoms with Crippen molar-refractivity contribution in [1.82, 2.24) is 5.32 Å². The number of hydrogen-bond donors (Lipinski definition) is 3. The fourth-order valence-electron chi connectivity index (χ4n) is 4.74. The van der Waals surface area contributed by atoms with Gasteiger partial charge in [0.15, 0.2) is 11.6 Å². The number of amidine groups is 1. The molecule has 1 aliphatic carbocycles. The summed E-state index contributed by atoms with van der Waals surface area (Å²) in [5, 5.41) is 5.55. The summed E-state index contributed by atoms with van der Waals surface area (Å²) in [6.07, 6.45) is 2.39. The van der Waals surface area contributed by atoms with Crippen molar-refractivity contribution in [2.75, 3.05) is 16.3 Å². The Morgan fingerprint density at radius 1 is 1.16 bits per heavy atom. The predicted molar refractivity (Wildman–Crippen MR) is 137 cm³/mol. The van der Waals surface area contributed by atoms with Gasteiger partial charge in [0.25, 0.3) is 10.0 Å². The van der Waals surface area contributed by atoms with Crippen LogP contribution in [0.4, 0.5) is 11.4 Å². The maximum absolute atomic E-state index is 14.1. The summed E-state index contributed by atoms with van der Waals surface area (Å²) in [6, 6.07) is 10.2. The molecule has 2 aromatic rings. The number of nitrogens with zero attached hydrogens (tertiary/aromatic N) is 1. The minimum atomic E-state index is -4.42. The van der Waals surface area contributed by atoms with Crippen LogP contribution in [0.3, 0.4) is 0 Å². The molecule has 0 aromatic heterocycles. The Hall–Kier alpha value is -3.58. The summed E-state index contributed by atoms with van der Waals surface area (Å²) in [6.45, 7) is 3.20. The normalized spacial score (nSPS) is 22.2. The SMILES string of the molecule is CCCCC1(NC(C)=O)C(=O)C(C2=NS(=O)(=O)c3cc(NS(C)(=O)=O)ccc3N2)C(=O)c2ccccc21. The second-order valence-electron chi connectivity index (χ2n) is 9.06. The molecule has 1 amide bonds. The van der Waals surface area contributed by atoms with Gasteiger partial charge in [0.05, 0.1) is 11.9 Å². The van der Waals surface area contributed by atoms with Crippen molar-refractivity contribution in [3.8, 4) is 0 Å². The Morgan fingerprint density at radius 3 is 2.51 bits per heavy atom. The zero-order valence-electron chi connectivity index (χ0n) is 20.4. The molecular weight excluding hydrogens is 520 g/mol. The van der Waals surface area contributed by atoms with Crippen LogP contribution in [0, 0.1) is 5.92 Å². The Morgan fingerprint density at radius 2 is 1.86 bits per heavy atom. The van der Waals surface area contributed by atoms with E-state index in [1.54, 1.807) is 18.2 Å². The van der Waals surface area contributed by atoms with E-state index < -0.39 is 49.0 Å². The van der Waals surface area contributed by atoms with Crippen LogP contribution in [0.1, 0.15) is 49.0 Å². The molecule has 0 saturated heterocycles. The molecule has 1 aliphatic heterocycles. The van der Waals surface area contributed by atoms with Gasteiger partial charge in [0.2, 0.25) is 15.9 Å². The van der Waals surface area contributed by atoms with Crippen LogP contribution in [0.25, 0.3) is 0 Å². The minimum absolute atomic E-state index is 0.00765. The summed E-state index contributed by atoms with van der Waals surface area (Å²) in [5.74, 6) is -3.80. The highest BCUT2D eigenvalue weighted by Crippen LogP contribution is 2.41. The third-order valence-corrected chi connectivity index (χ3v) is 8.15. The van der Waals surface area contributed by atoms with Crippen LogP contribution in [0.15, 0.2) is 51.8 Å². The average Bonchev–Trinajstić information content (AvgIpc) is 2.80. The van der Waals surface area contributed by atoms with Crippen molar-refractivity contribution in [3.63, 3.8) is 0 Å². The summed E-state index contributed by atoms with van der Waals surface area (Å²) >= 11 is 0. The van der Waals surface area contributed by atoms with E-state index in [0.717, 1.165) is 12.3 Å². The molecule has 0 bridgehead atoms. The second kappa shape index (κ2) is 9.38. The Bertz CT molecular complexity index is 1570. The summed E-state index contributed by atoms with van der Waals surface area (Å²) in [4.78, 5) is 39.6. The molecule has 0 spiro atoms. The number of hydrogen-bond acceptors (Lipinski definition) is 8. The molecule has 1 heterocycles. The van der Waals surface area contributed by atoms with Crippen LogP contribution in [0.2, 0.25) is 0 Å². The van der Waals surface area contributed by atoms with Gasteiger partial charge in [0.1, 0.15) is 22.2 Å². The minimum Gasteiger partial charge on any atom is -0.341 e. The second-order valence-corrected chi connectivity index (χ2v) is 12.4. The lowest BCUT2D eigenvalue weighted by Crippen LogP contribution is -2.60. The molecule has 2 aromatic carbocycles. The zero-order chi connectivity index (χ0) is 27.2. The van der Waals surface area contributed by atoms with E-state index in [0.29, 0.717) is 18.4 Å². The molecule has 2 unspecified atom stereocenters. The maximum Gasteiger partial charge on any atom is 0.286 e. The lowest BCUT2D eigenvalue weighted by molar-refractivity contribution is -0.133. The van der Waals surface area contributed by atoms with Gasteiger partial charge in [-0.25, -0.2) is 8.42 Å². The van der Waals surface area contributed by atoms with E-state index in [1.165, 1.54) is 25.1 Å². The van der Waals surface area contributed by atoms with Crippen molar-refractivity contribution in [2.45, 2.75) is 43.5 Å². The van der Waals surface area contributed by atoms with Crippen molar-refractivity contribution in [3.05, 3.63) is 53.6 Å². The highest BCUT2D eigenvalue weighted by Gasteiger charge is 2.54. The van der Waals surface area contributed by atoms with Crippen molar-refractivity contribution in [2.24, 2.45) is 10.3 Å². The maximum atomic E-state index is 14.1. The number of unbranched alkanes of at least 4 members (excludes halogenated alkanes) is 1. The van der Waals surface area contributed by atoms with Gasteiger partial charge in [-0.1, -0.05) is 44.0 Å². The number of sulfonamides is 2. The first-order valence-electron chi connectivity index (χ1n) is 11.5. The largest absolute Gasteiger partial charge is 0.341 e. The number of ketones is 2. The molecule has 11 nitrogen and oxygen atoms in total. The van der Waals surface area contributed by atoms with Crippen LogP contribution in [-0.4, -0.2) is 46.4 Å². The number of rotatable bonds is 7. The van der Waals surface area contributed by atoms with E-state index in [2.05, 4.69) is 19.8 Å².